The number of thiophene rings is 1. The van der Waals surface area contributed by atoms with E-state index in [1.165, 1.54) is 9.65 Å². The van der Waals surface area contributed by atoms with Gasteiger partial charge in [-0.05, 0) is 10.8 Å². The Labute approximate surface area is 70.5 Å². The van der Waals surface area contributed by atoms with E-state index in [0.717, 1.165) is 13.2 Å². The van der Waals surface area contributed by atoms with E-state index in [2.05, 4.69) is 20.0 Å². The van der Waals surface area contributed by atoms with Gasteiger partial charge in [0.05, 0.1) is 18.1 Å². The molecule has 0 amide bonds. The summed E-state index contributed by atoms with van der Waals surface area (Å²) in [6.45, 7) is 1.45. The van der Waals surface area contributed by atoms with E-state index in [4.69, 9.17) is 9.47 Å². The van der Waals surface area contributed by atoms with Crippen LogP contribution in [0.3, 0.4) is 0 Å². The van der Waals surface area contributed by atoms with Gasteiger partial charge in [0.2, 0.25) is 0 Å². The highest BCUT2D eigenvalue weighted by Gasteiger charge is 2.18. The summed E-state index contributed by atoms with van der Waals surface area (Å²) in [5, 5.41) is 0. The molecule has 58 valence electrons. The van der Waals surface area contributed by atoms with Crippen LogP contribution in [0, 0.1) is 0 Å². The topological polar surface area (TPSA) is 18.5 Å². The van der Waals surface area contributed by atoms with Crippen LogP contribution in [0.4, 0.5) is 0 Å². The van der Waals surface area contributed by atoms with E-state index in [9.17, 15) is 0 Å². The fourth-order valence-electron chi connectivity index (χ4n) is 1.10. The van der Waals surface area contributed by atoms with Crippen molar-refractivity contribution in [3.8, 4) is 0 Å². The van der Waals surface area contributed by atoms with Crippen LogP contribution in [0.1, 0.15) is 11.2 Å². The van der Waals surface area contributed by atoms with Gasteiger partial charge in [0.15, 0.2) is 14.1 Å². The summed E-state index contributed by atoms with van der Waals surface area (Å²) in [5.74, 6) is 0. The fourth-order valence-corrected chi connectivity index (χ4v) is 1.98. The van der Waals surface area contributed by atoms with E-state index < -0.39 is 0 Å². The van der Waals surface area contributed by atoms with Crippen molar-refractivity contribution in [3.63, 3.8) is 0 Å². The third kappa shape index (κ3) is 1.48. The zero-order chi connectivity index (χ0) is 7.68. The van der Waals surface area contributed by atoms with Gasteiger partial charge < -0.3 is 9.47 Å². The van der Waals surface area contributed by atoms with Gasteiger partial charge in [0.25, 0.3) is 0 Å². The average Bonchev–Trinajstić information content (AvgIpc) is 2.55. The van der Waals surface area contributed by atoms with Crippen LogP contribution in [0.2, 0.25) is 0 Å². The van der Waals surface area contributed by atoms with Gasteiger partial charge in [-0.2, -0.15) is 11.3 Å². The van der Waals surface area contributed by atoms with Crippen LogP contribution in [0.25, 0.3) is 0 Å². The molecule has 0 bridgehead atoms. The van der Waals surface area contributed by atoms with E-state index in [1.807, 2.05) is 0 Å². The maximum Gasteiger partial charge on any atom is 0.193 e. The largest absolute Gasteiger partial charge is 0.345 e. The summed E-state index contributed by atoms with van der Waals surface area (Å²) in [5.41, 5.74) is 0. The van der Waals surface area contributed by atoms with Gasteiger partial charge in [0, 0.05) is 0 Å². The summed E-state index contributed by atoms with van der Waals surface area (Å²) >= 11 is 1.74. The highest BCUT2D eigenvalue weighted by molar-refractivity contribution is 7.20. The molecule has 0 radical (unpaired) electrons. The van der Waals surface area contributed by atoms with Crippen LogP contribution >= 0.6 is 11.3 Å². The highest BCUT2D eigenvalue weighted by atomic mass is 32.1. The lowest BCUT2D eigenvalue weighted by atomic mass is 10.1. The molecule has 0 spiro atoms. The lowest BCUT2D eigenvalue weighted by Gasteiger charge is -2.04. The Morgan fingerprint density at radius 3 is 2.64 bits per heavy atom. The Kier molecular flexibility index (Phi) is 1.98. The minimum atomic E-state index is -0.0892. The summed E-state index contributed by atoms with van der Waals surface area (Å²) in [4.78, 5) is 1.18. The predicted molar refractivity (Wildman–Crippen MR) is 47.1 cm³/mol. The fraction of sp³-hybridized carbons (Fsp3) is 0.429. The SMILES string of the molecule is Bc1ccc(C2OCCO2)s1. The minimum Gasteiger partial charge on any atom is -0.345 e. The van der Waals surface area contributed by atoms with Crippen LogP contribution in [0.5, 0.6) is 0 Å². The third-order valence-corrected chi connectivity index (χ3v) is 2.64. The van der Waals surface area contributed by atoms with Gasteiger partial charge in [-0.25, -0.2) is 0 Å². The van der Waals surface area contributed by atoms with Crippen molar-refractivity contribution >= 4 is 24.0 Å². The summed E-state index contributed by atoms with van der Waals surface area (Å²) in [7, 11) is 2.09. The molecule has 1 aromatic rings. The molecule has 0 saturated carbocycles. The monoisotopic (exact) mass is 168 g/mol. The van der Waals surface area contributed by atoms with Crippen molar-refractivity contribution in [1.29, 1.82) is 0 Å². The van der Waals surface area contributed by atoms with E-state index in [1.54, 1.807) is 11.3 Å². The van der Waals surface area contributed by atoms with Crippen molar-refractivity contribution in [2.24, 2.45) is 0 Å². The Bertz CT molecular complexity index is 242. The molecule has 1 aliphatic rings. The highest BCUT2D eigenvalue weighted by Crippen LogP contribution is 2.25. The molecule has 1 saturated heterocycles. The summed E-state index contributed by atoms with van der Waals surface area (Å²) in [6.07, 6.45) is -0.0892. The lowest BCUT2D eigenvalue weighted by Crippen LogP contribution is -1.94. The molecule has 2 nitrogen and oxygen atoms in total. The predicted octanol–water partition coefficient (Wildman–Crippen LogP) is 0.0519. The second-order valence-electron chi connectivity index (χ2n) is 2.52. The summed E-state index contributed by atoms with van der Waals surface area (Å²) in [6, 6.07) is 4.15. The van der Waals surface area contributed by atoms with Crippen LogP contribution in [-0.2, 0) is 9.47 Å². The van der Waals surface area contributed by atoms with Crippen molar-refractivity contribution in [3.05, 3.63) is 17.0 Å². The number of hydrogen-bond acceptors (Lipinski definition) is 3. The van der Waals surface area contributed by atoms with E-state index in [0.29, 0.717) is 0 Å². The molecule has 0 aromatic carbocycles. The molecule has 1 aliphatic heterocycles. The maximum atomic E-state index is 5.34. The molecule has 0 N–H and O–H groups in total. The van der Waals surface area contributed by atoms with Crippen molar-refractivity contribution in [1.82, 2.24) is 0 Å². The second kappa shape index (κ2) is 2.97. The molecule has 1 fully saturated rings. The Hall–Kier alpha value is -0.315. The molecule has 2 heterocycles. The first-order valence-electron chi connectivity index (χ1n) is 3.66. The first-order valence-corrected chi connectivity index (χ1v) is 4.47. The van der Waals surface area contributed by atoms with Crippen molar-refractivity contribution < 1.29 is 9.47 Å². The third-order valence-electron chi connectivity index (χ3n) is 1.62. The normalized spacial score (nSPS) is 19.3. The smallest absolute Gasteiger partial charge is 0.193 e. The van der Waals surface area contributed by atoms with Gasteiger partial charge in [-0.15, -0.1) is 0 Å². The maximum absolute atomic E-state index is 5.34. The number of rotatable bonds is 1. The zero-order valence-electron chi connectivity index (χ0n) is 6.37. The van der Waals surface area contributed by atoms with Gasteiger partial charge >= 0.3 is 0 Å². The van der Waals surface area contributed by atoms with Crippen molar-refractivity contribution in [2.75, 3.05) is 13.2 Å². The van der Waals surface area contributed by atoms with Crippen LogP contribution in [0.15, 0.2) is 12.1 Å². The molecule has 11 heavy (non-hydrogen) atoms. The molecule has 1 aromatic heterocycles. The van der Waals surface area contributed by atoms with Gasteiger partial charge in [-0.1, -0.05) is 6.07 Å². The van der Waals surface area contributed by atoms with Crippen LogP contribution < -0.4 is 4.78 Å². The van der Waals surface area contributed by atoms with Crippen molar-refractivity contribution in [2.45, 2.75) is 6.29 Å². The molecular weight excluding hydrogens is 159 g/mol. The standard InChI is InChI=1S/C7H9BO2S/c8-6-2-1-5(11-6)7-9-3-4-10-7/h1-2,7H,3-4,8H2. The molecule has 0 unspecified atom stereocenters. The molecule has 0 aliphatic carbocycles. The molecule has 0 atom stereocenters. The summed E-state index contributed by atoms with van der Waals surface area (Å²) < 4.78 is 12.0. The molecule has 4 heteroatoms. The molecular formula is C7H9BO2S. The van der Waals surface area contributed by atoms with Gasteiger partial charge in [0.1, 0.15) is 0 Å². The number of hydrogen-bond donors (Lipinski definition) is 0. The number of ether oxygens (including phenoxy) is 2. The zero-order valence-corrected chi connectivity index (χ0v) is 7.19. The lowest BCUT2D eigenvalue weighted by molar-refractivity contribution is -0.0413. The van der Waals surface area contributed by atoms with E-state index in [-0.39, 0.29) is 6.29 Å². The first-order chi connectivity index (χ1) is 5.36. The van der Waals surface area contributed by atoms with E-state index >= 15 is 0 Å². The average molecular weight is 168 g/mol. The first kappa shape index (κ1) is 7.34. The Balaban J connectivity index is 2.15. The second-order valence-corrected chi connectivity index (χ2v) is 3.84. The van der Waals surface area contributed by atoms with Crippen LogP contribution in [-0.4, -0.2) is 21.1 Å². The minimum absolute atomic E-state index is 0.0892. The van der Waals surface area contributed by atoms with Gasteiger partial charge in [-0.3, -0.25) is 0 Å². The molecule has 2 rings (SSSR count). The quantitative estimate of drug-likeness (QED) is 0.551. The Morgan fingerprint density at radius 1 is 1.36 bits per heavy atom. The Morgan fingerprint density at radius 2 is 2.09 bits per heavy atom.